The molecule has 0 unspecified atom stereocenters. The third-order valence-corrected chi connectivity index (χ3v) is 3.67. The van der Waals surface area contributed by atoms with Crippen LogP contribution in [0.3, 0.4) is 0 Å². The normalized spacial score (nSPS) is 16.1. The standard InChI is InChI=1S/C16H17NO4/c1-11(16(19)17-8-2-3-9-17)20-13-6-4-12-5-7-15(18)21-14(12)10-13/h4-7,10-11H,2-3,8-9H2,1H3/t11-/m0/s1. The molecule has 1 aliphatic heterocycles. The zero-order valence-corrected chi connectivity index (χ0v) is 11.9. The lowest BCUT2D eigenvalue weighted by molar-refractivity contribution is -0.136. The molecule has 1 aromatic heterocycles. The van der Waals surface area contributed by atoms with Crippen molar-refractivity contribution in [3.05, 3.63) is 40.8 Å². The van der Waals surface area contributed by atoms with Crippen LogP contribution in [0.25, 0.3) is 11.0 Å². The Hall–Kier alpha value is -2.30. The van der Waals surface area contributed by atoms with Crippen LogP contribution in [-0.4, -0.2) is 30.0 Å². The highest BCUT2D eigenvalue weighted by Gasteiger charge is 2.24. The minimum atomic E-state index is -0.545. The number of hydrogen-bond donors (Lipinski definition) is 0. The highest BCUT2D eigenvalue weighted by molar-refractivity contribution is 5.81. The van der Waals surface area contributed by atoms with Crippen LogP contribution in [0.15, 0.2) is 39.5 Å². The molecule has 0 radical (unpaired) electrons. The minimum Gasteiger partial charge on any atom is -0.481 e. The number of hydrogen-bond acceptors (Lipinski definition) is 4. The van der Waals surface area contributed by atoms with Crippen molar-refractivity contribution < 1.29 is 13.9 Å². The number of carbonyl (C=O) groups excluding carboxylic acids is 1. The van der Waals surface area contributed by atoms with Gasteiger partial charge < -0.3 is 14.1 Å². The van der Waals surface area contributed by atoms with Gasteiger partial charge in [0, 0.05) is 30.6 Å². The summed E-state index contributed by atoms with van der Waals surface area (Å²) in [5, 5.41) is 0.820. The van der Waals surface area contributed by atoms with Crippen LogP contribution in [-0.2, 0) is 4.79 Å². The van der Waals surface area contributed by atoms with Crippen molar-refractivity contribution in [2.24, 2.45) is 0 Å². The van der Waals surface area contributed by atoms with Crippen molar-refractivity contribution in [2.75, 3.05) is 13.1 Å². The molecule has 1 saturated heterocycles. The molecule has 0 aliphatic carbocycles. The fraction of sp³-hybridized carbons (Fsp3) is 0.375. The molecule has 0 bridgehead atoms. The second-order valence-corrected chi connectivity index (χ2v) is 5.25. The van der Waals surface area contributed by atoms with Gasteiger partial charge in [-0.25, -0.2) is 4.79 Å². The van der Waals surface area contributed by atoms with Crippen molar-refractivity contribution in [1.82, 2.24) is 4.90 Å². The van der Waals surface area contributed by atoms with E-state index in [1.165, 1.54) is 6.07 Å². The van der Waals surface area contributed by atoms with E-state index in [0.29, 0.717) is 11.3 Å². The van der Waals surface area contributed by atoms with Crippen LogP contribution in [0.5, 0.6) is 5.75 Å². The Morgan fingerprint density at radius 2 is 1.95 bits per heavy atom. The monoisotopic (exact) mass is 287 g/mol. The van der Waals surface area contributed by atoms with Gasteiger partial charge in [0.25, 0.3) is 5.91 Å². The molecule has 5 nitrogen and oxygen atoms in total. The summed E-state index contributed by atoms with van der Waals surface area (Å²) >= 11 is 0. The van der Waals surface area contributed by atoms with Crippen LogP contribution in [0, 0.1) is 0 Å². The molecule has 1 fully saturated rings. The maximum absolute atomic E-state index is 12.2. The lowest BCUT2D eigenvalue weighted by atomic mass is 10.2. The number of nitrogens with zero attached hydrogens (tertiary/aromatic N) is 1. The average Bonchev–Trinajstić information content (AvgIpc) is 3.00. The summed E-state index contributed by atoms with van der Waals surface area (Å²) in [4.78, 5) is 25.3. The number of ether oxygens (including phenoxy) is 1. The average molecular weight is 287 g/mol. The van der Waals surface area contributed by atoms with Gasteiger partial charge in [0.05, 0.1) is 0 Å². The molecule has 21 heavy (non-hydrogen) atoms. The first kappa shape index (κ1) is 13.7. The van der Waals surface area contributed by atoms with Gasteiger partial charge in [-0.05, 0) is 38.0 Å². The van der Waals surface area contributed by atoms with Gasteiger partial charge >= 0.3 is 5.63 Å². The lowest BCUT2D eigenvalue weighted by Crippen LogP contribution is -2.38. The topological polar surface area (TPSA) is 59.8 Å². The number of benzene rings is 1. The summed E-state index contributed by atoms with van der Waals surface area (Å²) in [5.41, 5.74) is 0.0571. The zero-order chi connectivity index (χ0) is 14.8. The van der Waals surface area contributed by atoms with Crippen LogP contribution >= 0.6 is 0 Å². The summed E-state index contributed by atoms with van der Waals surface area (Å²) < 4.78 is 10.8. The Morgan fingerprint density at radius 1 is 1.24 bits per heavy atom. The van der Waals surface area contributed by atoms with Crippen LogP contribution in [0.1, 0.15) is 19.8 Å². The summed E-state index contributed by atoms with van der Waals surface area (Å²) in [6.45, 7) is 3.35. The Labute approximate surface area is 122 Å². The largest absolute Gasteiger partial charge is 0.481 e. The second kappa shape index (κ2) is 5.60. The SMILES string of the molecule is C[C@H](Oc1ccc2ccc(=O)oc2c1)C(=O)N1CCCC1. The third-order valence-electron chi connectivity index (χ3n) is 3.67. The van der Waals surface area contributed by atoms with Gasteiger partial charge in [0.1, 0.15) is 11.3 Å². The second-order valence-electron chi connectivity index (χ2n) is 5.25. The Morgan fingerprint density at radius 3 is 2.71 bits per heavy atom. The van der Waals surface area contributed by atoms with E-state index in [0.717, 1.165) is 31.3 Å². The first-order valence-corrected chi connectivity index (χ1v) is 7.13. The summed E-state index contributed by atoms with van der Waals surface area (Å²) in [6, 6.07) is 8.30. The molecular formula is C16H17NO4. The van der Waals surface area contributed by atoms with E-state index in [2.05, 4.69) is 0 Å². The van der Waals surface area contributed by atoms with E-state index in [-0.39, 0.29) is 5.91 Å². The van der Waals surface area contributed by atoms with E-state index in [1.807, 2.05) is 4.90 Å². The van der Waals surface area contributed by atoms with Crippen LogP contribution in [0.4, 0.5) is 0 Å². The Bertz CT molecular complexity index is 716. The minimum absolute atomic E-state index is 0.00195. The van der Waals surface area contributed by atoms with Crippen LogP contribution < -0.4 is 10.4 Å². The number of fused-ring (bicyclic) bond motifs is 1. The van der Waals surface area contributed by atoms with E-state index in [1.54, 1.807) is 31.2 Å². The number of carbonyl (C=O) groups is 1. The van der Waals surface area contributed by atoms with Gasteiger partial charge in [-0.1, -0.05) is 0 Å². The predicted molar refractivity (Wildman–Crippen MR) is 78.4 cm³/mol. The van der Waals surface area contributed by atoms with Crippen molar-refractivity contribution in [3.8, 4) is 5.75 Å². The zero-order valence-electron chi connectivity index (χ0n) is 11.9. The van der Waals surface area contributed by atoms with Gasteiger partial charge in [-0.3, -0.25) is 4.79 Å². The predicted octanol–water partition coefficient (Wildman–Crippen LogP) is 2.18. The van der Waals surface area contributed by atoms with Crippen molar-refractivity contribution >= 4 is 16.9 Å². The maximum atomic E-state index is 12.2. The first-order valence-electron chi connectivity index (χ1n) is 7.13. The lowest BCUT2D eigenvalue weighted by Gasteiger charge is -2.21. The molecule has 0 N–H and O–H groups in total. The third kappa shape index (κ3) is 2.91. The van der Waals surface area contributed by atoms with Crippen molar-refractivity contribution in [3.63, 3.8) is 0 Å². The first-order chi connectivity index (χ1) is 10.1. The van der Waals surface area contributed by atoms with Crippen molar-refractivity contribution in [1.29, 1.82) is 0 Å². The summed E-state index contributed by atoms with van der Waals surface area (Å²) in [7, 11) is 0. The summed E-state index contributed by atoms with van der Waals surface area (Å²) in [6.07, 6.45) is 1.56. The molecule has 1 atom stereocenters. The molecule has 1 aromatic carbocycles. The van der Waals surface area contributed by atoms with Gasteiger partial charge in [0.15, 0.2) is 6.10 Å². The fourth-order valence-corrected chi connectivity index (χ4v) is 2.56. The molecule has 1 amide bonds. The Kier molecular flexibility index (Phi) is 3.64. The molecule has 0 spiro atoms. The van der Waals surface area contributed by atoms with Crippen molar-refractivity contribution in [2.45, 2.75) is 25.9 Å². The molecule has 0 saturated carbocycles. The van der Waals surface area contributed by atoms with E-state index < -0.39 is 11.7 Å². The van der Waals surface area contributed by atoms with Gasteiger partial charge in [0.2, 0.25) is 0 Å². The Balaban J connectivity index is 1.77. The quantitative estimate of drug-likeness (QED) is 0.812. The highest BCUT2D eigenvalue weighted by atomic mass is 16.5. The molecular weight excluding hydrogens is 270 g/mol. The highest BCUT2D eigenvalue weighted by Crippen LogP contribution is 2.21. The molecule has 3 rings (SSSR count). The van der Waals surface area contributed by atoms with E-state index >= 15 is 0 Å². The number of rotatable bonds is 3. The van der Waals surface area contributed by atoms with Crippen LogP contribution in [0.2, 0.25) is 0 Å². The molecule has 2 heterocycles. The molecule has 2 aromatic rings. The van der Waals surface area contributed by atoms with E-state index in [9.17, 15) is 9.59 Å². The van der Waals surface area contributed by atoms with Gasteiger partial charge in [-0.15, -0.1) is 0 Å². The number of amides is 1. The smallest absolute Gasteiger partial charge is 0.336 e. The maximum Gasteiger partial charge on any atom is 0.336 e. The molecule has 110 valence electrons. The van der Waals surface area contributed by atoms with E-state index in [4.69, 9.17) is 9.15 Å². The number of likely N-dealkylation sites (tertiary alicyclic amines) is 1. The fourth-order valence-electron chi connectivity index (χ4n) is 2.56. The van der Waals surface area contributed by atoms with Gasteiger partial charge in [-0.2, -0.15) is 0 Å². The molecule has 5 heteroatoms. The molecule has 1 aliphatic rings. The summed E-state index contributed by atoms with van der Waals surface area (Å²) in [5.74, 6) is 0.527.